The molecule has 3 heteroatoms. The van der Waals surface area contributed by atoms with Crippen LogP contribution >= 0.6 is 0 Å². The molecule has 0 radical (unpaired) electrons. The second-order valence-electron chi connectivity index (χ2n) is 2.51. The summed E-state index contributed by atoms with van der Waals surface area (Å²) in [7, 11) is 0. The van der Waals surface area contributed by atoms with E-state index in [1.54, 1.807) is 0 Å². The van der Waals surface area contributed by atoms with Crippen LogP contribution in [0.5, 0.6) is 5.75 Å². The summed E-state index contributed by atoms with van der Waals surface area (Å²) < 4.78 is 5.40. The van der Waals surface area contributed by atoms with Crippen molar-refractivity contribution >= 4 is 23.1 Å². The zero-order valence-corrected chi connectivity index (χ0v) is 11.2. The van der Waals surface area contributed by atoms with Crippen molar-refractivity contribution in [1.29, 1.82) is 0 Å². The molecule has 0 unspecified atom stereocenters. The Labute approximate surface area is 112 Å². The summed E-state index contributed by atoms with van der Waals surface area (Å²) in [5.74, 6) is 0.821. The van der Waals surface area contributed by atoms with E-state index in [2.05, 4.69) is 12.6 Å². The molecule has 0 aromatic heterocycles. The van der Waals surface area contributed by atoms with Crippen molar-refractivity contribution in [3.05, 3.63) is 43.0 Å². The van der Waals surface area contributed by atoms with Crippen LogP contribution in [0, 0.1) is 6.07 Å². The third kappa shape index (κ3) is 7.41. The van der Waals surface area contributed by atoms with Gasteiger partial charge in [0.15, 0.2) is 0 Å². The van der Waals surface area contributed by atoms with Gasteiger partial charge in [0.2, 0.25) is 0 Å². The van der Waals surface area contributed by atoms with Crippen LogP contribution in [0.1, 0.15) is 12.8 Å². The van der Waals surface area contributed by atoms with Gasteiger partial charge in [0, 0.05) is 5.75 Å². The maximum absolute atomic E-state index is 5.40. The Kier molecular flexibility index (Phi) is 13.0. The number of hydrogen-bond donors (Lipinski definition) is 0. The summed E-state index contributed by atoms with van der Waals surface area (Å²) in [6.07, 6.45) is 3.93. The van der Waals surface area contributed by atoms with Crippen molar-refractivity contribution < 1.29 is 21.7 Å². The summed E-state index contributed by atoms with van der Waals surface area (Å²) >= 11 is 0. The molecule has 1 aromatic carbocycles. The molecule has 1 aromatic rings. The molecule has 0 aliphatic rings. The average molecular weight is 265 g/mol. The van der Waals surface area contributed by atoms with Crippen molar-refractivity contribution in [3.8, 4) is 5.75 Å². The first kappa shape index (κ1) is 16.4. The number of rotatable bonds is 5. The number of halogens is 1. The number of benzene rings is 1. The molecule has 0 heterocycles. The number of para-hydroxylation sites is 1. The Morgan fingerprint density at radius 2 is 2.21 bits per heavy atom. The second-order valence-corrected chi connectivity index (χ2v) is 2.51. The van der Waals surface area contributed by atoms with Gasteiger partial charge in [-0.2, -0.15) is 18.2 Å². The molecule has 0 bridgehead atoms. The molecule has 1 nitrogen and oxygen atoms in total. The number of hydrogen-bond acceptors (Lipinski definition) is 1. The normalized spacial score (nSPS) is 8.00. The van der Waals surface area contributed by atoms with Gasteiger partial charge in [0.25, 0.3) is 0 Å². The van der Waals surface area contributed by atoms with Gasteiger partial charge in [-0.15, -0.1) is 18.7 Å². The quantitative estimate of drug-likeness (QED) is 0.301. The first-order valence-electron chi connectivity index (χ1n) is 4.14. The zero-order valence-electron chi connectivity index (χ0n) is 8.21. The minimum atomic E-state index is 0. The molecule has 1 rings (SSSR count). The molecule has 0 atom stereocenters. The van der Waals surface area contributed by atoms with E-state index in [-0.39, 0.29) is 40.0 Å². The van der Waals surface area contributed by atoms with Gasteiger partial charge in [0.1, 0.15) is 0 Å². The van der Waals surface area contributed by atoms with E-state index in [0.29, 0.717) is 0 Å². The topological polar surface area (TPSA) is 9.23 Å². The molecule has 0 fully saturated rings. The first-order chi connectivity index (χ1) is 5.93. The van der Waals surface area contributed by atoms with Crippen LogP contribution in [-0.2, 0) is 0 Å². The fraction of sp³-hybridized carbons (Fsp3) is 0.273. The smallest absolute Gasteiger partial charge is 1.00 e. The standard InChI is InChI=1S/C11H13O.BrH.Mg/c1-2-3-7-10-12-11-8-5-4-6-9-11;;/h2,4-6,8H,1,3,7,10H2;1H;/q-1;;+2/p-1. The van der Waals surface area contributed by atoms with Gasteiger partial charge in [-0.25, -0.2) is 0 Å². The largest absolute Gasteiger partial charge is 2.00 e. The Balaban J connectivity index is 0. The van der Waals surface area contributed by atoms with Gasteiger partial charge >= 0.3 is 23.1 Å². The maximum atomic E-state index is 5.40. The van der Waals surface area contributed by atoms with Crippen LogP contribution in [0.15, 0.2) is 36.9 Å². The van der Waals surface area contributed by atoms with Gasteiger partial charge < -0.3 is 21.7 Å². The van der Waals surface area contributed by atoms with Gasteiger partial charge in [-0.1, -0.05) is 6.08 Å². The predicted molar refractivity (Wildman–Crippen MR) is 56.0 cm³/mol. The first-order valence-corrected chi connectivity index (χ1v) is 4.14. The molecular weight excluding hydrogens is 252 g/mol. The van der Waals surface area contributed by atoms with Crippen LogP contribution in [0.2, 0.25) is 0 Å². The Morgan fingerprint density at radius 3 is 2.79 bits per heavy atom. The predicted octanol–water partition coefficient (Wildman–Crippen LogP) is -0.545. The summed E-state index contributed by atoms with van der Waals surface area (Å²) in [5, 5.41) is 0. The van der Waals surface area contributed by atoms with Crippen molar-refractivity contribution in [3.63, 3.8) is 0 Å². The Morgan fingerprint density at radius 1 is 1.43 bits per heavy atom. The number of unbranched alkanes of at least 4 members (excludes halogenated alkanes) is 1. The monoisotopic (exact) mass is 264 g/mol. The van der Waals surface area contributed by atoms with E-state index in [0.717, 1.165) is 25.2 Å². The third-order valence-corrected chi connectivity index (χ3v) is 1.49. The molecule has 72 valence electrons. The van der Waals surface area contributed by atoms with Crippen molar-refractivity contribution in [1.82, 2.24) is 0 Å². The van der Waals surface area contributed by atoms with E-state index < -0.39 is 0 Å². The molecule has 0 saturated heterocycles. The fourth-order valence-electron chi connectivity index (χ4n) is 0.876. The molecule has 0 aliphatic carbocycles. The van der Waals surface area contributed by atoms with Crippen molar-refractivity contribution in [2.45, 2.75) is 12.8 Å². The third-order valence-electron chi connectivity index (χ3n) is 1.49. The summed E-state index contributed by atoms with van der Waals surface area (Å²) in [6.45, 7) is 4.38. The van der Waals surface area contributed by atoms with Gasteiger partial charge in [0.05, 0.1) is 6.61 Å². The zero-order chi connectivity index (χ0) is 8.65. The molecule has 0 N–H and O–H groups in total. The van der Waals surface area contributed by atoms with Crippen LogP contribution in [0.3, 0.4) is 0 Å². The van der Waals surface area contributed by atoms with Gasteiger partial charge in [-0.3, -0.25) is 0 Å². The minimum Gasteiger partial charge on any atom is -1.00 e. The molecule has 0 spiro atoms. The van der Waals surface area contributed by atoms with E-state index >= 15 is 0 Å². The molecule has 0 amide bonds. The van der Waals surface area contributed by atoms with Crippen molar-refractivity contribution in [2.75, 3.05) is 6.61 Å². The van der Waals surface area contributed by atoms with Crippen molar-refractivity contribution in [2.24, 2.45) is 0 Å². The number of allylic oxidation sites excluding steroid dienone is 1. The summed E-state index contributed by atoms with van der Waals surface area (Å²) in [4.78, 5) is 0. The van der Waals surface area contributed by atoms with Crippen LogP contribution in [0.25, 0.3) is 0 Å². The van der Waals surface area contributed by atoms with E-state index in [4.69, 9.17) is 4.74 Å². The Hall–Kier alpha value is 0.00623. The van der Waals surface area contributed by atoms with Gasteiger partial charge in [-0.05, 0) is 12.8 Å². The number of ether oxygens (including phenoxy) is 1. The van der Waals surface area contributed by atoms with Crippen LogP contribution in [-0.4, -0.2) is 29.7 Å². The molecule has 0 saturated carbocycles. The molecule has 14 heavy (non-hydrogen) atoms. The molecule has 0 aliphatic heterocycles. The SMILES string of the molecule is C=CCCCOc1[c-]cccc1.[Br-].[Mg+2]. The second kappa shape index (κ2) is 11.1. The minimum absolute atomic E-state index is 0. The van der Waals surface area contributed by atoms with E-state index in [1.165, 1.54) is 0 Å². The average Bonchev–Trinajstić information content (AvgIpc) is 2.14. The maximum Gasteiger partial charge on any atom is 2.00 e. The summed E-state index contributed by atoms with van der Waals surface area (Å²) in [6, 6.07) is 10.6. The fourth-order valence-corrected chi connectivity index (χ4v) is 0.876. The van der Waals surface area contributed by atoms with Crippen LogP contribution < -0.4 is 21.7 Å². The Bertz CT molecular complexity index is 226. The van der Waals surface area contributed by atoms with E-state index in [9.17, 15) is 0 Å². The van der Waals surface area contributed by atoms with Crippen LogP contribution in [0.4, 0.5) is 0 Å². The summed E-state index contributed by atoms with van der Waals surface area (Å²) in [5.41, 5.74) is 0. The van der Waals surface area contributed by atoms with E-state index in [1.807, 2.05) is 30.3 Å². The molecular formula is C11H13BrMgO.